The summed E-state index contributed by atoms with van der Waals surface area (Å²) < 4.78 is 11.3. The highest BCUT2D eigenvalue weighted by Gasteiger charge is 2.25. The number of nitrogens with one attached hydrogen (secondary N) is 1. The number of aryl methyl sites for hydroxylation is 1. The van der Waals surface area contributed by atoms with Crippen molar-refractivity contribution in [2.75, 3.05) is 12.3 Å². The first kappa shape index (κ1) is 21.5. The zero-order chi connectivity index (χ0) is 23.4. The van der Waals surface area contributed by atoms with E-state index in [2.05, 4.69) is 35.8 Å². The number of nitrogens with two attached hydrogens (primary N) is 1. The zero-order valence-corrected chi connectivity index (χ0v) is 17.8. The van der Waals surface area contributed by atoms with E-state index in [9.17, 15) is 9.90 Å². The van der Waals surface area contributed by atoms with Crippen molar-refractivity contribution in [1.82, 2.24) is 30.7 Å². The lowest BCUT2D eigenvalue weighted by atomic mass is 10.1. The van der Waals surface area contributed by atoms with E-state index in [1.165, 1.54) is 17.0 Å². The summed E-state index contributed by atoms with van der Waals surface area (Å²) in [6, 6.07) is 12.1. The fourth-order valence-electron chi connectivity index (χ4n) is 2.99. The third-order valence-electron chi connectivity index (χ3n) is 4.57. The molecule has 168 valence electrons. The Bertz CT molecular complexity index is 1310. The second kappa shape index (κ2) is 9.18. The van der Waals surface area contributed by atoms with E-state index in [1.54, 1.807) is 12.1 Å². The molecule has 0 radical (unpaired) electrons. The summed E-state index contributed by atoms with van der Waals surface area (Å²) in [7, 11) is 0. The molecular formula is C21H20N8O4. The molecule has 4 aromatic rings. The van der Waals surface area contributed by atoms with Crippen LogP contribution < -0.4 is 15.9 Å². The quantitative estimate of drug-likeness (QED) is 0.283. The minimum absolute atomic E-state index is 0.000820. The van der Waals surface area contributed by atoms with E-state index in [1.807, 2.05) is 38.1 Å². The van der Waals surface area contributed by atoms with Crippen LogP contribution in [0.15, 0.2) is 52.2 Å². The summed E-state index contributed by atoms with van der Waals surface area (Å²) in [5, 5.41) is 29.1. The number of amides is 1. The Balaban J connectivity index is 1.63. The van der Waals surface area contributed by atoms with Crippen LogP contribution in [0.3, 0.4) is 0 Å². The Morgan fingerprint density at radius 2 is 2.06 bits per heavy atom. The number of hydrogen-bond donors (Lipinski definition) is 3. The number of benzene rings is 2. The van der Waals surface area contributed by atoms with E-state index in [0.717, 1.165) is 5.56 Å². The maximum atomic E-state index is 12.9. The van der Waals surface area contributed by atoms with Gasteiger partial charge >= 0.3 is 0 Å². The first-order valence-corrected chi connectivity index (χ1v) is 9.88. The average molecular weight is 448 g/mol. The van der Waals surface area contributed by atoms with E-state index in [4.69, 9.17) is 10.5 Å². The molecule has 0 unspecified atom stereocenters. The summed E-state index contributed by atoms with van der Waals surface area (Å²) in [5.41, 5.74) is 10.9. The summed E-state index contributed by atoms with van der Waals surface area (Å²) in [4.78, 5) is 12.9. The van der Waals surface area contributed by atoms with Gasteiger partial charge in [0.25, 0.3) is 5.91 Å². The number of phenolic OH excluding ortho intramolecular Hbond substituents is 1. The molecule has 12 heteroatoms. The molecule has 4 N–H and O–H groups in total. The number of carbonyl (C=O) groups is 1. The molecule has 33 heavy (non-hydrogen) atoms. The van der Waals surface area contributed by atoms with Gasteiger partial charge in [-0.2, -0.15) is 9.78 Å². The molecule has 0 saturated heterocycles. The number of hydrogen-bond acceptors (Lipinski definition) is 10. The van der Waals surface area contributed by atoms with Crippen LogP contribution in [-0.2, 0) is 0 Å². The van der Waals surface area contributed by atoms with Gasteiger partial charge in [-0.1, -0.05) is 35.0 Å². The van der Waals surface area contributed by atoms with Gasteiger partial charge in [-0.15, -0.1) is 5.10 Å². The number of aromatic nitrogens is 5. The van der Waals surface area contributed by atoms with Crippen molar-refractivity contribution in [1.29, 1.82) is 0 Å². The van der Waals surface area contributed by atoms with Gasteiger partial charge in [0.05, 0.1) is 12.8 Å². The first-order chi connectivity index (χ1) is 16.0. The highest BCUT2D eigenvalue weighted by Crippen LogP contribution is 2.27. The van der Waals surface area contributed by atoms with Crippen molar-refractivity contribution < 1.29 is 19.3 Å². The number of hydrazone groups is 1. The van der Waals surface area contributed by atoms with E-state index in [0.29, 0.717) is 29.2 Å². The summed E-state index contributed by atoms with van der Waals surface area (Å²) in [6.07, 6.45) is 1.41. The van der Waals surface area contributed by atoms with Gasteiger partial charge in [0.15, 0.2) is 17.2 Å². The van der Waals surface area contributed by atoms with Gasteiger partial charge in [-0.25, -0.2) is 10.1 Å². The number of rotatable bonds is 7. The van der Waals surface area contributed by atoms with Crippen LogP contribution in [0.25, 0.3) is 17.1 Å². The fraction of sp³-hybridized carbons (Fsp3) is 0.143. The Labute approximate surface area is 187 Å². The normalized spacial score (nSPS) is 11.1. The highest BCUT2D eigenvalue weighted by atomic mass is 16.6. The average Bonchev–Trinajstić information content (AvgIpc) is 3.42. The van der Waals surface area contributed by atoms with Crippen LogP contribution in [0.5, 0.6) is 11.5 Å². The van der Waals surface area contributed by atoms with Gasteiger partial charge in [-0.3, -0.25) is 4.79 Å². The number of nitrogen functional groups attached to an aromatic ring is 1. The van der Waals surface area contributed by atoms with Gasteiger partial charge in [0.2, 0.25) is 11.6 Å². The third-order valence-corrected chi connectivity index (χ3v) is 4.57. The van der Waals surface area contributed by atoms with Crippen molar-refractivity contribution in [2.45, 2.75) is 13.8 Å². The van der Waals surface area contributed by atoms with Crippen LogP contribution in [-0.4, -0.2) is 49.1 Å². The molecule has 0 atom stereocenters. The molecule has 0 spiro atoms. The maximum absolute atomic E-state index is 12.9. The standard InChI is InChI=1S/C21H20N8O4/c1-3-32-16-10-13(6-9-15(16)30)11-23-25-21(31)17-18(14-7-4-12(2)5-8-14)29(28-24-17)20-19(22)26-33-27-20/h4-11,30H,3H2,1-2H3,(H2,22,26)(H,25,31)/b23-11+. The number of phenols is 1. The Kier molecular flexibility index (Phi) is 5.98. The van der Waals surface area contributed by atoms with E-state index in [-0.39, 0.29) is 23.1 Å². The van der Waals surface area contributed by atoms with Crippen LogP contribution in [0, 0.1) is 6.92 Å². The Morgan fingerprint density at radius 3 is 2.76 bits per heavy atom. The Morgan fingerprint density at radius 1 is 1.27 bits per heavy atom. The van der Waals surface area contributed by atoms with Crippen molar-refractivity contribution in [2.24, 2.45) is 5.10 Å². The van der Waals surface area contributed by atoms with Crippen molar-refractivity contribution in [3.63, 3.8) is 0 Å². The van der Waals surface area contributed by atoms with E-state index < -0.39 is 5.91 Å². The summed E-state index contributed by atoms with van der Waals surface area (Å²) in [5.74, 6) is -0.175. The molecule has 0 aliphatic carbocycles. The number of ether oxygens (including phenoxy) is 1. The predicted octanol–water partition coefficient (Wildman–Crippen LogP) is 2.08. The fourth-order valence-corrected chi connectivity index (χ4v) is 2.99. The lowest BCUT2D eigenvalue weighted by Gasteiger charge is -2.07. The largest absolute Gasteiger partial charge is 0.504 e. The summed E-state index contributed by atoms with van der Waals surface area (Å²) >= 11 is 0. The third kappa shape index (κ3) is 4.49. The highest BCUT2D eigenvalue weighted by molar-refractivity contribution is 5.98. The van der Waals surface area contributed by atoms with Crippen LogP contribution in [0.2, 0.25) is 0 Å². The number of anilines is 1. The number of nitrogens with zero attached hydrogens (tertiary/aromatic N) is 6. The molecule has 2 aromatic carbocycles. The van der Waals surface area contributed by atoms with Gasteiger partial charge in [0.1, 0.15) is 5.69 Å². The zero-order valence-electron chi connectivity index (χ0n) is 17.8. The molecule has 4 rings (SSSR count). The molecule has 2 heterocycles. The molecule has 0 aliphatic rings. The second-order valence-corrected chi connectivity index (χ2v) is 6.90. The maximum Gasteiger partial charge on any atom is 0.294 e. The van der Waals surface area contributed by atoms with Crippen molar-refractivity contribution in [3.05, 3.63) is 59.3 Å². The first-order valence-electron chi connectivity index (χ1n) is 9.88. The van der Waals surface area contributed by atoms with Crippen molar-refractivity contribution in [3.8, 4) is 28.6 Å². The molecule has 2 aromatic heterocycles. The topological polar surface area (TPSA) is 167 Å². The van der Waals surface area contributed by atoms with Crippen LogP contribution in [0.4, 0.5) is 5.82 Å². The SMILES string of the molecule is CCOc1cc(/C=N/NC(=O)c2nnn(-c3nonc3N)c2-c2ccc(C)cc2)ccc1O. The molecule has 0 aliphatic heterocycles. The number of carbonyl (C=O) groups excluding carboxylic acids is 1. The molecule has 1 amide bonds. The minimum atomic E-state index is -0.605. The molecule has 0 saturated carbocycles. The number of aromatic hydroxyl groups is 1. The lowest BCUT2D eigenvalue weighted by molar-refractivity contribution is 0.0950. The van der Waals surface area contributed by atoms with Gasteiger partial charge < -0.3 is 15.6 Å². The van der Waals surface area contributed by atoms with Crippen molar-refractivity contribution >= 4 is 17.9 Å². The van der Waals surface area contributed by atoms with Gasteiger partial charge in [0, 0.05) is 5.56 Å². The summed E-state index contributed by atoms with van der Waals surface area (Å²) in [6.45, 7) is 4.15. The van der Waals surface area contributed by atoms with E-state index >= 15 is 0 Å². The molecule has 0 bridgehead atoms. The molecule has 12 nitrogen and oxygen atoms in total. The molecule has 0 fully saturated rings. The lowest BCUT2D eigenvalue weighted by Crippen LogP contribution is -2.19. The predicted molar refractivity (Wildman–Crippen MR) is 118 cm³/mol. The van der Waals surface area contributed by atoms with Gasteiger partial charge in [-0.05, 0) is 47.9 Å². The molecular weight excluding hydrogens is 428 g/mol. The Hall–Kier alpha value is -4.74. The van der Waals surface area contributed by atoms with Crippen LogP contribution in [0.1, 0.15) is 28.5 Å². The second-order valence-electron chi connectivity index (χ2n) is 6.90. The monoisotopic (exact) mass is 448 g/mol. The minimum Gasteiger partial charge on any atom is -0.504 e. The van der Waals surface area contributed by atoms with Crippen LogP contribution >= 0.6 is 0 Å². The smallest absolute Gasteiger partial charge is 0.294 e.